The lowest BCUT2D eigenvalue weighted by molar-refractivity contribution is -0.121. The minimum Gasteiger partial charge on any atom is -0.493 e. The second-order valence-electron chi connectivity index (χ2n) is 4.83. The number of rotatable bonds is 10. The van der Waals surface area contributed by atoms with Crippen molar-refractivity contribution >= 4 is 24.1 Å². The second-order valence-corrected chi connectivity index (χ2v) is 4.83. The van der Waals surface area contributed by atoms with Crippen LogP contribution in [0.15, 0.2) is 18.2 Å². The molecule has 0 heterocycles. The Balaban J connectivity index is 0.00000484. The highest BCUT2D eigenvalue weighted by atomic mass is 35.5. The van der Waals surface area contributed by atoms with Gasteiger partial charge in [0.15, 0.2) is 17.3 Å². The molecule has 0 aliphatic rings. The third kappa shape index (κ3) is 7.85. The minimum absolute atomic E-state index is 0. The van der Waals surface area contributed by atoms with Gasteiger partial charge in [0.1, 0.15) is 0 Å². The number of likely N-dealkylation sites (N-methyl/N-ethyl adjacent to an activating group) is 1. The molecule has 1 amide bonds. The first-order chi connectivity index (χ1) is 10.6. The summed E-state index contributed by atoms with van der Waals surface area (Å²) in [7, 11) is 3.37. The van der Waals surface area contributed by atoms with Gasteiger partial charge in [-0.1, -0.05) is 0 Å². The molecule has 0 aromatic heterocycles. The van der Waals surface area contributed by atoms with Crippen molar-refractivity contribution in [2.75, 3.05) is 33.9 Å². The zero-order valence-electron chi connectivity index (χ0n) is 13.8. The largest absolute Gasteiger partial charge is 0.493 e. The fourth-order valence-electron chi connectivity index (χ4n) is 1.84. The molecule has 1 aromatic carbocycles. The maximum atomic E-state index is 11.5. The van der Waals surface area contributed by atoms with E-state index in [0.29, 0.717) is 43.1 Å². The van der Waals surface area contributed by atoms with Crippen LogP contribution in [0.5, 0.6) is 11.5 Å². The molecule has 0 saturated heterocycles. The van der Waals surface area contributed by atoms with Crippen LogP contribution in [0.1, 0.15) is 30.1 Å². The molecule has 6 nitrogen and oxygen atoms in total. The van der Waals surface area contributed by atoms with Crippen LogP contribution >= 0.6 is 12.4 Å². The van der Waals surface area contributed by atoms with Crippen molar-refractivity contribution in [1.82, 2.24) is 10.6 Å². The number of methoxy groups -OCH3 is 1. The van der Waals surface area contributed by atoms with Gasteiger partial charge in [-0.2, -0.15) is 0 Å². The molecule has 0 bridgehead atoms. The number of carbonyl (C=O) groups excluding carboxylic acids is 2. The van der Waals surface area contributed by atoms with Crippen molar-refractivity contribution in [2.45, 2.75) is 19.8 Å². The van der Waals surface area contributed by atoms with E-state index >= 15 is 0 Å². The molecule has 0 fully saturated rings. The molecule has 0 spiro atoms. The minimum atomic E-state index is -0.0249. The van der Waals surface area contributed by atoms with E-state index in [9.17, 15) is 9.59 Å². The number of Topliss-reactive ketones (excluding diaryl/α,β-unsaturated/α-hetero) is 1. The Morgan fingerprint density at radius 1 is 1.17 bits per heavy atom. The molecule has 0 atom stereocenters. The summed E-state index contributed by atoms with van der Waals surface area (Å²) in [5.74, 6) is 1.08. The normalized spacial score (nSPS) is 9.70. The van der Waals surface area contributed by atoms with Gasteiger partial charge in [-0.3, -0.25) is 9.59 Å². The van der Waals surface area contributed by atoms with E-state index in [2.05, 4.69) is 10.6 Å². The van der Waals surface area contributed by atoms with Crippen molar-refractivity contribution in [1.29, 1.82) is 0 Å². The Hall–Kier alpha value is -1.79. The predicted octanol–water partition coefficient (Wildman–Crippen LogP) is 1.81. The van der Waals surface area contributed by atoms with E-state index in [1.165, 1.54) is 14.0 Å². The van der Waals surface area contributed by atoms with E-state index in [0.717, 1.165) is 6.54 Å². The lowest BCUT2D eigenvalue weighted by Gasteiger charge is -2.11. The van der Waals surface area contributed by atoms with Gasteiger partial charge >= 0.3 is 0 Å². The van der Waals surface area contributed by atoms with Crippen molar-refractivity contribution in [3.8, 4) is 11.5 Å². The van der Waals surface area contributed by atoms with Crippen molar-refractivity contribution in [3.63, 3.8) is 0 Å². The van der Waals surface area contributed by atoms with E-state index in [1.54, 1.807) is 18.2 Å². The Kier molecular flexibility index (Phi) is 10.8. The number of ketones is 1. The summed E-state index contributed by atoms with van der Waals surface area (Å²) in [5, 5.41) is 5.77. The van der Waals surface area contributed by atoms with Crippen LogP contribution in [-0.2, 0) is 4.79 Å². The molecule has 0 aliphatic heterocycles. The Morgan fingerprint density at radius 2 is 1.91 bits per heavy atom. The molecule has 130 valence electrons. The summed E-state index contributed by atoms with van der Waals surface area (Å²) in [6.07, 6.45) is 1.03. The number of halogens is 1. The highest BCUT2D eigenvalue weighted by Crippen LogP contribution is 2.28. The maximum absolute atomic E-state index is 11.5. The van der Waals surface area contributed by atoms with Crippen LogP contribution in [0.25, 0.3) is 0 Å². The maximum Gasteiger partial charge on any atom is 0.220 e. The van der Waals surface area contributed by atoms with E-state index in [-0.39, 0.29) is 24.1 Å². The lowest BCUT2D eigenvalue weighted by atomic mass is 10.1. The van der Waals surface area contributed by atoms with Crippen molar-refractivity contribution < 1.29 is 19.1 Å². The van der Waals surface area contributed by atoms with E-state index in [1.807, 2.05) is 7.05 Å². The summed E-state index contributed by atoms with van der Waals surface area (Å²) >= 11 is 0. The molecule has 0 unspecified atom stereocenters. The van der Waals surface area contributed by atoms with Crippen LogP contribution in [-0.4, -0.2) is 45.5 Å². The number of hydrogen-bond donors (Lipinski definition) is 2. The number of nitrogens with one attached hydrogen (secondary N) is 2. The standard InChI is InChI=1S/C16H24N2O4.ClH/c1-12(19)13-6-7-14(15(11-13)21-3)22-10-4-5-16(20)18-9-8-17-2;/h6-7,11,17H,4-5,8-10H2,1-3H3,(H,18,20);1H. The molecule has 0 aliphatic carbocycles. The first-order valence-corrected chi connectivity index (χ1v) is 7.31. The molecule has 23 heavy (non-hydrogen) atoms. The summed E-state index contributed by atoms with van der Waals surface area (Å²) in [4.78, 5) is 22.8. The van der Waals surface area contributed by atoms with E-state index < -0.39 is 0 Å². The highest BCUT2D eigenvalue weighted by Gasteiger charge is 2.08. The number of ether oxygens (including phenoxy) is 2. The Bertz CT molecular complexity index is 509. The number of amides is 1. The highest BCUT2D eigenvalue weighted by molar-refractivity contribution is 5.94. The number of hydrogen-bond acceptors (Lipinski definition) is 5. The van der Waals surface area contributed by atoms with Gasteiger partial charge in [-0.05, 0) is 38.6 Å². The van der Waals surface area contributed by atoms with Gasteiger partial charge in [0, 0.05) is 25.1 Å². The second kappa shape index (κ2) is 11.7. The van der Waals surface area contributed by atoms with Gasteiger partial charge in [0.2, 0.25) is 5.91 Å². The van der Waals surface area contributed by atoms with Crippen molar-refractivity contribution in [3.05, 3.63) is 23.8 Å². The van der Waals surface area contributed by atoms with E-state index in [4.69, 9.17) is 9.47 Å². The SMILES string of the molecule is CNCCNC(=O)CCCOc1ccc(C(C)=O)cc1OC.Cl. The molecule has 1 aromatic rings. The summed E-state index contributed by atoms with van der Waals surface area (Å²) in [6, 6.07) is 5.06. The summed E-state index contributed by atoms with van der Waals surface area (Å²) in [6.45, 7) is 3.29. The fraction of sp³-hybridized carbons (Fsp3) is 0.500. The van der Waals surface area contributed by atoms with Crippen LogP contribution in [0.4, 0.5) is 0 Å². The van der Waals surface area contributed by atoms with Crippen molar-refractivity contribution in [2.24, 2.45) is 0 Å². The first kappa shape index (κ1) is 21.2. The molecule has 0 radical (unpaired) electrons. The Morgan fingerprint density at radius 3 is 2.52 bits per heavy atom. The fourth-order valence-corrected chi connectivity index (χ4v) is 1.84. The van der Waals surface area contributed by atoms with Crippen LogP contribution in [0.3, 0.4) is 0 Å². The quantitative estimate of drug-likeness (QED) is 0.500. The average Bonchev–Trinajstić information content (AvgIpc) is 2.51. The summed E-state index contributed by atoms with van der Waals surface area (Å²) in [5.41, 5.74) is 0.577. The first-order valence-electron chi connectivity index (χ1n) is 7.31. The molecular weight excluding hydrogens is 320 g/mol. The smallest absolute Gasteiger partial charge is 0.220 e. The summed E-state index contributed by atoms with van der Waals surface area (Å²) < 4.78 is 10.8. The van der Waals surface area contributed by atoms with Gasteiger partial charge in [-0.25, -0.2) is 0 Å². The zero-order valence-corrected chi connectivity index (χ0v) is 14.6. The van der Waals surface area contributed by atoms with Gasteiger partial charge in [-0.15, -0.1) is 12.4 Å². The van der Waals surface area contributed by atoms with Crippen LogP contribution in [0.2, 0.25) is 0 Å². The van der Waals surface area contributed by atoms with Crippen LogP contribution < -0.4 is 20.1 Å². The molecule has 7 heteroatoms. The third-order valence-electron chi connectivity index (χ3n) is 3.07. The molecule has 2 N–H and O–H groups in total. The Labute approximate surface area is 143 Å². The zero-order chi connectivity index (χ0) is 16.4. The lowest BCUT2D eigenvalue weighted by Crippen LogP contribution is -2.30. The van der Waals surface area contributed by atoms with Gasteiger partial charge in [0.05, 0.1) is 13.7 Å². The molecule has 1 rings (SSSR count). The van der Waals surface area contributed by atoms with Crippen LogP contribution in [0, 0.1) is 0 Å². The molecule has 0 saturated carbocycles. The average molecular weight is 345 g/mol. The van der Waals surface area contributed by atoms with Gasteiger partial charge < -0.3 is 20.1 Å². The predicted molar refractivity (Wildman–Crippen MR) is 91.9 cm³/mol. The molecular formula is C16H25ClN2O4. The monoisotopic (exact) mass is 344 g/mol. The number of carbonyl (C=O) groups is 2. The number of benzene rings is 1. The van der Waals surface area contributed by atoms with Gasteiger partial charge in [0.25, 0.3) is 0 Å². The third-order valence-corrected chi connectivity index (χ3v) is 3.07. The topological polar surface area (TPSA) is 76.7 Å².